The van der Waals surface area contributed by atoms with Crippen LogP contribution in [0.25, 0.3) is 0 Å². The number of nitrogens with one attached hydrogen (secondary N) is 1. The number of hydrogen-bond donors (Lipinski definition) is 5. The molecule has 7 heteroatoms. The molecule has 0 aromatic carbocycles. The highest BCUT2D eigenvalue weighted by Gasteiger charge is 2.04. The van der Waals surface area contributed by atoms with Gasteiger partial charge < -0.3 is 16.6 Å². The summed E-state index contributed by atoms with van der Waals surface area (Å²) in [5.74, 6) is 0. The van der Waals surface area contributed by atoms with Gasteiger partial charge in [-0.2, -0.15) is 0 Å². The molecule has 0 aliphatic carbocycles. The van der Waals surface area contributed by atoms with E-state index in [2.05, 4.69) is 14.2 Å². The number of aliphatic hydroxyl groups is 1. The topological polar surface area (TPSA) is 114 Å². The smallest absolute Gasteiger partial charge is 0.106 e. The van der Waals surface area contributed by atoms with Gasteiger partial charge in [-0.15, -0.1) is 0 Å². The van der Waals surface area contributed by atoms with Gasteiger partial charge in [-0.05, 0) is 0 Å². The maximum Gasteiger partial charge on any atom is 0.106 e. The fourth-order valence-electron chi connectivity index (χ4n) is 0.840. The summed E-state index contributed by atoms with van der Waals surface area (Å²) in [7, 11) is 3.18. The standard InChI is InChI=1S/C6H18N5OP/c7-5(8)10-1-2-11(3-4-12)6(9)13/h5,10,12-13H,1-4,7-9H2. The Balaban J connectivity index is 3.63. The molecule has 0 spiro atoms. The lowest BCUT2D eigenvalue weighted by Crippen LogP contribution is -2.49. The van der Waals surface area contributed by atoms with Crippen LogP contribution in [-0.4, -0.2) is 48.1 Å². The largest absolute Gasteiger partial charge is 0.395 e. The third kappa shape index (κ3) is 7.04. The first kappa shape index (κ1) is 12.9. The number of nitrogens with zero attached hydrogens (tertiary/aromatic N) is 1. The van der Waals surface area contributed by atoms with E-state index in [4.69, 9.17) is 22.3 Å². The lowest BCUT2D eigenvalue weighted by Gasteiger charge is -2.20. The van der Waals surface area contributed by atoms with Crippen LogP contribution in [-0.2, 0) is 0 Å². The number of rotatable bonds is 7. The van der Waals surface area contributed by atoms with Crippen molar-refractivity contribution in [3.05, 3.63) is 0 Å². The van der Waals surface area contributed by atoms with Gasteiger partial charge in [0.2, 0.25) is 0 Å². The van der Waals surface area contributed by atoms with Gasteiger partial charge in [-0.25, -0.2) is 0 Å². The molecular formula is C6H18N5OP. The minimum absolute atomic E-state index is 0.0554. The van der Waals surface area contributed by atoms with Crippen molar-refractivity contribution in [3.8, 4) is 0 Å². The van der Waals surface area contributed by atoms with Gasteiger partial charge in [-0.1, -0.05) is 8.86 Å². The molecule has 0 atom stereocenters. The predicted molar refractivity (Wildman–Crippen MR) is 56.3 cm³/mol. The fraction of sp³-hybridized carbons (Fsp3) is 0.833. The molecule has 0 aromatic heterocycles. The van der Waals surface area contributed by atoms with Crippen molar-refractivity contribution in [1.29, 1.82) is 0 Å². The summed E-state index contributed by atoms with van der Waals surface area (Å²) in [6.45, 7) is 1.79. The van der Waals surface area contributed by atoms with Crippen LogP contribution in [0.5, 0.6) is 0 Å². The van der Waals surface area contributed by atoms with Crippen LogP contribution < -0.4 is 22.5 Å². The molecule has 0 amide bonds. The molecule has 0 rings (SSSR count). The average molecular weight is 207 g/mol. The van der Waals surface area contributed by atoms with E-state index in [9.17, 15) is 0 Å². The Bertz CT molecular complexity index is 154. The molecule has 0 saturated heterocycles. The monoisotopic (exact) mass is 207 g/mol. The molecule has 0 aromatic rings. The molecule has 0 unspecified atom stereocenters. The van der Waals surface area contributed by atoms with Crippen molar-refractivity contribution in [3.63, 3.8) is 0 Å². The lowest BCUT2D eigenvalue weighted by molar-refractivity contribution is 0.249. The molecule has 8 N–H and O–H groups in total. The molecule has 0 radical (unpaired) electrons. The summed E-state index contributed by atoms with van der Waals surface area (Å²) in [6.07, 6.45) is -0.521. The van der Waals surface area contributed by atoms with Crippen molar-refractivity contribution in [2.24, 2.45) is 17.2 Å². The zero-order chi connectivity index (χ0) is 10.3. The van der Waals surface area contributed by atoms with Gasteiger partial charge in [0.1, 0.15) is 6.29 Å². The van der Waals surface area contributed by atoms with Crippen molar-refractivity contribution >= 4 is 14.4 Å². The molecular weight excluding hydrogens is 189 g/mol. The maximum atomic E-state index is 8.69. The molecule has 13 heavy (non-hydrogen) atoms. The second kappa shape index (κ2) is 7.34. The van der Waals surface area contributed by atoms with Gasteiger partial charge in [0.15, 0.2) is 0 Å². The Hall–Kier alpha value is -0.0700. The number of nitrogens with two attached hydrogens (primary N) is 3. The predicted octanol–water partition coefficient (Wildman–Crippen LogP) is -2.74. The molecule has 0 fully saturated rings. The zero-order valence-corrected chi connectivity index (χ0v) is 8.53. The van der Waals surface area contributed by atoms with E-state index in [1.807, 2.05) is 0 Å². The summed E-state index contributed by atoms with van der Waals surface area (Å²) in [4.78, 5) is 1.77. The Morgan fingerprint density at radius 3 is 2.46 bits per heavy atom. The van der Waals surface area contributed by atoms with Crippen molar-refractivity contribution in [2.75, 3.05) is 26.2 Å². The van der Waals surface area contributed by atoms with Crippen LogP contribution in [0.3, 0.4) is 0 Å². The first-order valence-electron chi connectivity index (χ1n) is 4.02. The van der Waals surface area contributed by atoms with Crippen molar-refractivity contribution < 1.29 is 5.11 Å². The van der Waals surface area contributed by atoms with Gasteiger partial charge in [-0.3, -0.25) is 16.0 Å². The van der Waals surface area contributed by atoms with Gasteiger partial charge in [0.05, 0.1) is 12.1 Å². The zero-order valence-electron chi connectivity index (χ0n) is 7.53. The number of aliphatic hydroxyl groups excluding tert-OH is 1. The molecule has 0 bridgehead atoms. The first-order valence-corrected chi connectivity index (χ1v) is 4.52. The van der Waals surface area contributed by atoms with Crippen molar-refractivity contribution in [1.82, 2.24) is 10.2 Å². The highest BCUT2D eigenvalue weighted by molar-refractivity contribution is 7.20. The summed E-state index contributed by atoms with van der Waals surface area (Å²) in [5, 5.41) is 11.5. The second-order valence-corrected chi connectivity index (χ2v) is 3.09. The SMILES string of the molecule is NC(=P)N(CCO)CCNC(N)N. The molecule has 0 saturated carbocycles. The van der Waals surface area contributed by atoms with E-state index in [0.717, 1.165) is 0 Å². The molecule has 0 heterocycles. The Morgan fingerprint density at radius 2 is 2.08 bits per heavy atom. The van der Waals surface area contributed by atoms with Crippen LogP contribution in [0.2, 0.25) is 0 Å². The highest BCUT2D eigenvalue weighted by Crippen LogP contribution is 1.87. The highest BCUT2D eigenvalue weighted by atomic mass is 31.0. The summed E-state index contributed by atoms with van der Waals surface area (Å²) in [5.41, 5.74) is 16.5. The van der Waals surface area contributed by atoms with Gasteiger partial charge >= 0.3 is 0 Å². The fourth-order valence-corrected chi connectivity index (χ4v) is 1.06. The Kier molecular flexibility index (Phi) is 7.31. The number of hydrogen-bond acceptors (Lipinski definition) is 4. The molecule has 0 aliphatic heterocycles. The Labute approximate surface area is 80.3 Å². The normalized spacial score (nSPS) is 11.2. The third-order valence-corrected chi connectivity index (χ3v) is 1.79. The van der Waals surface area contributed by atoms with E-state index < -0.39 is 6.29 Å². The lowest BCUT2D eigenvalue weighted by atomic mass is 10.5. The third-order valence-electron chi connectivity index (χ3n) is 1.47. The van der Waals surface area contributed by atoms with E-state index in [0.29, 0.717) is 25.2 Å². The summed E-state index contributed by atoms with van der Waals surface area (Å²) >= 11 is 0. The first-order chi connectivity index (χ1) is 6.07. The van der Waals surface area contributed by atoms with E-state index in [1.165, 1.54) is 0 Å². The van der Waals surface area contributed by atoms with Crippen LogP contribution in [0.15, 0.2) is 0 Å². The molecule has 6 nitrogen and oxygen atoms in total. The maximum absolute atomic E-state index is 8.69. The van der Waals surface area contributed by atoms with Crippen LogP contribution >= 0.6 is 8.86 Å². The summed E-state index contributed by atoms with van der Waals surface area (Å²) < 4.78 is 0. The van der Waals surface area contributed by atoms with E-state index in [-0.39, 0.29) is 6.61 Å². The minimum atomic E-state index is -0.521. The van der Waals surface area contributed by atoms with Gasteiger partial charge in [0, 0.05) is 19.6 Å². The van der Waals surface area contributed by atoms with Crippen LogP contribution in [0, 0.1) is 0 Å². The quantitative estimate of drug-likeness (QED) is 0.229. The van der Waals surface area contributed by atoms with Crippen molar-refractivity contribution in [2.45, 2.75) is 6.29 Å². The van der Waals surface area contributed by atoms with E-state index >= 15 is 0 Å². The van der Waals surface area contributed by atoms with Crippen LogP contribution in [0.1, 0.15) is 0 Å². The Morgan fingerprint density at radius 1 is 1.46 bits per heavy atom. The average Bonchev–Trinajstić information content (AvgIpc) is 2.02. The minimum Gasteiger partial charge on any atom is -0.395 e. The second-order valence-electron chi connectivity index (χ2n) is 2.58. The van der Waals surface area contributed by atoms with Crippen LogP contribution in [0.4, 0.5) is 0 Å². The molecule has 78 valence electrons. The van der Waals surface area contributed by atoms with E-state index in [1.54, 1.807) is 4.90 Å². The summed E-state index contributed by atoms with van der Waals surface area (Å²) in [6, 6.07) is 0. The molecule has 0 aliphatic rings. The van der Waals surface area contributed by atoms with Gasteiger partial charge in [0.25, 0.3) is 0 Å².